The van der Waals surface area contributed by atoms with Crippen molar-refractivity contribution in [2.45, 2.75) is 57.8 Å². The number of nitrogens with zero attached hydrogens (tertiary/aromatic N) is 5. The first kappa shape index (κ1) is 22.6. The molecule has 1 N–H and O–H groups in total. The van der Waals surface area contributed by atoms with Gasteiger partial charge in [0.25, 0.3) is 0 Å². The third-order valence-corrected chi connectivity index (χ3v) is 6.20. The molecule has 0 atom stereocenters. The Bertz CT molecular complexity index is 1080. The molecule has 9 nitrogen and oxygen atoms in total. The number of ether oxygens (including phenoxy) is 3. The van der Waals surface area contributed by atoms with Crippen molar-refractivity contribution < 1.29 is 14.2 Å². The standard InChI is InChI=1S/C25H32N6O3/c1-17(2)33-21-15-28-25(29-16-21)30-18-3-5-20(6-4-18)34-23-14-19(31-9-11-32-12-10-31)13-22-24(23)27-8-7-26-22/h7-8,13-18,20H,3-6,9-12H2,1-2H3,(H,28,29,30). The molecule has 2 aromatic heterocycles. The van der Waals surface area contributed by atoms with E-state index in [2.05, 4.69) is 42.3 Å². The molecule has 1 aromatic carbocycles. The van der Waals surface area contributed by atoms with Gasteiger partial charge in [-0.2, -0.15) is 0 Å². The Kier molecular flexibility index (Phi) is 6.89. The van der Waals surface area contributed by atoms with E-state index in [0.29, 0.717) is 17.7 Å². The number of hydrogen-bond acceptors (Lipinski definition) is 9. The van der Waals surface area contributed by atoms with Crippen LogP contribution >= 0.6 is 0 Å². The van der Waals surface area contributed by atoms with E-state index < -0.39 is 0 Å². The highest BCUT2D eigenvalue weighted by Crippen LogP contribution is 2.33. The Morgan fingerprint density at radius 2 is 1.71 bits per heavy atom. The fourth-order valence-electron chi connectivity index (χ4n) is 4.53. The van der Waals surface area contributed by atoms with Gasteiger partial charge in [0.15, 0.2) is 5.75 Å². The third-order valence-electron chi connectivity index (χ3n) is 6.20. The van der Waals surface area contributed by atoms with Crippen LogP contribution < -0.4 is 19.7 Å². The lowest BCUT2D eigenvalue weighted by Gasteiger charge is -2.31. The van der Waals surface area contributed by atoms with Crippen LogP contribution in [0, 0.1) is 0 Å². The Morgan fingerprint density at radius 1 is 0.971 bits per heavy atom. The summed E-state index contributed by atoms with van der Waals surface area (Å²) < 4.78 is 17.6. The minimum absolute atomic E-state index is 0.107. The van der Waals surface area contributed by atoms with E-state index in [9.17, 15) is 0 Å². The number of fused-ring (bicyclic) bond motifs is 1. The molecule has 1 saturated carbocycles. The maximum atomic E-state index is 6.52. The minimum atomic E-state index is 0.107. The van der Waals surface area contributed by atoms with Crippen LogP contribution in [0.1, 0.15) is 39.5 Å². The lowest BCUT2D eigenvalue weighted by atomic mass is 9.93. The Morgan fingerprint density at radius 3 is 2.44 bits per heavy atom. The van der Waals surface area contributed by atoms with Crippen LogP contribution in [0.2, 0.25) is 0 Å². The molecule has 1 saturated heterocycles. The van der Waals surface area contributed by atoms with Crippen LogP contribution in [0.15, 0.2) is 36.9 Å². The largest absolute Gasteiger partial charge is 0.488 e. The lowest BCUT2D eigenvalue weighted by molar-refractivity contribution is 0.122. The van der Waals surface area contributed by atoms with E-state index in [1.165, 1.54) is 0 Å². The van der Waals surface area contributed by atoms with E-state index in [1.807, 2.05) is 13.8 Å². The molecule has 0 bridgehead atoms. The lowest BCUT2D eigenvalue weighted by Crippen LogP contribution is -2.36. The molecule has 0 spiro atoms. The van der Waals surface area contributed by atoms with Crippen LogP contribution in [0.3, 0.4) is 0 Å². The maximum Gasteiger partial charge on any atom is 0.223 e. The van der Waals surface area contributed by atoms with Crippen LogP contribution in [-0.2, 0) is 4.74 Å². The van der Waals surface area contributed by atoms with Crippen LogP contribution in [0.25, 0.3) is 11.0 Å². The summed E-state index contributed by atoms with van der Waals surface area (Å²) in [6, 6.07) is 4.54. The van der Waals surface area contributed by atoms with Gasteiger partial charge in [0.1, 0.15) is 11.3 Å². The van der Waals surface area contributed by atoms with Crippen LogP contribution in [-0.4, -0.2) is 64.5 Å². The normalized spacial score (nSPS) is 21.0. The van der Waals surface area contributed by atoms with Gasteiger partial charge in [-0.05, 0) is 45.6 Å². The van der Waals surface area contributed by atoms with Gasteiger partial charge in [-0.1, -0.05) is 0 Å². The summed E-state index contributed by atoms with van der Waals surface area (Å²) in [5.74, 6) is 2.14. The Hall–Kier alpha value is -3.20. The van der Waals surface area contributed by atoms with Crippen molar-refractivity contribution in [3.05, 3.63) is 36.9 Å². The summed E-state index contributed by atoms with van der Waals surface area (Å²) >= 11 is 0. The first-order valence-electron chi connectivity index (χ1n) is 12.1. The number of nitrogens with one attached hydrogen (secondary N) is 1. The first-order chi connectivity index (χ1) is 16.6. The van der Waals surface area contributed by atoms with Crippen LogP contribution in [0.5, 0.6) is 11.5 Å². The van der Waals surface area contributed by atoms with E-state index in [1.54, 1.807) is 24.8 Å². The van der Waals surface area contributed by atoms with Crippen molar-refractivity contribution in [1.29, 1.82) is 0 Å². The van der Waals surface area contributed by atoms with Gasteiger partial charge in [0.2, 0.25) is 5.95 Å². The van der Waals surface area contributed by atoms with E-state index in [0.717, 1.165) is 74.5 Å². The molecule has 1 aliphatic carbocycles. The van der Waals surface area contributed by atoms with Gasteiger partial charge in [-0.15, -0.1) is 0 Å². The average molecular weight is 465 g/mol. The average Bonchev–Trinajstić information content (AvgIpc) is 2.86. The summed E-state index contributed by atoms with van der Waals surface area (Å²) in [7, 11) is 0. The molecule has 3 aromatic rings. The summed E-state index contributed by atoms with van der Waals surface area (Å²) in [6.45, 7) is 7.19. The SMILES string of the molecule is CC(C)Oc1cnc(NC2CCC(Oc3cc(N4CCOCC4)cc4nccnc34)CC2)nc1. The molecule has 0 unspecified atom stereocenters. The van der Waals surface area contributed by atoms with Gasteiger partial charge in [0.05, 0.1) is 43.3 Å². The number of hydrogen-bond donors (Lipinski definition) is 1. The fraction of sp³-hybridized carbons (Fsp3) is 0.520. The van der Waals surface area contributed by atoms with Gasteiger partial charge in [0, 0.05) is 43.3 Å². The number of aromatic nitrogens is 4. The van der Waals surface area contributed by atoms with E-state index in [-0.39, 0.29) is 12.2 Å². The molecule has 0 radical (unpaired) electrons. The molecule has 3 heterocycles. The molecule has 34 heavy (non-hydrogen) atoms. The highest BCUT2D eigenvalue weighted by atomic mass is 16.5. The van der Waals surface area contributed by atoms with Crippen molar-refractivity contribution in [1.82, 2.24) is 19.9 Å². The topological polar surface area (TPSA) is 94.5 Å². The second-order valence-corrected chi connectivity index (χ2v) is 9.11. The van der Waals surface area contributed by atoms with E-state index >= 15 is 0 Å². The van der Waals surface area contributed by atoms with Gasteiger partial charge in [-0.25, -0.2) is 15.0 Å². The van der Waals surface area contributed by atoms with Crippen molar-refractivity contribution in [3.63, 3.8) is 0 Å². The molecule has 9 heteroatoms. The predicted octanol–water partition coefficient (Wildman–Crippen LogP) is 3.85. The third kappa shape index (κ3) is 5.47. The molecular formula is C25H32N6O3. The zero-order valence-corrected chi connectivity index (χ0v) is 19.8. The van der Waals surface area contributed by atoms with E-state index in [4.69, 9.17) is 14.2 Å². The summed E-state index contributed by atoms with van der Waals surface area (Å²) in [4.78, 5) is 20.2. The zero-order chi connectivity index (χ0) is 23.3. The highest BCUT2D eigenvalue weighted by Gasteiger charge is 2.24. The Labute approximate surface area is 199 Å². The summed E-state index contributed by atoms with van der Waals surface area (Å²) in [5, 5.41) is 3.45. The van der Waals surface area contributed by atoms with Gasteiger partial charge >= 0.3 is 0 Å². The number of rotatable bonds is 7. The molecule has 5 rings (SSSR count). The number of benzene rings is 1. The molecule has 180 valence electrons. The molecule has 2 fully saturated rings. The second-order valence-electron chi connectivity index (χ2n) is 9.11. The zero-order valence-electron chi connectivity index (χ0n) is 19.8. The molecular weight excluding hydrogens is 432 g/mol. The van der Waals surface area contributed by atoms with Crippen molar-refractivity contribution >= 4 is 22.7 Å². The molecule has 0 amide bonds. The number of morpholine rings is 1. The first-order valence-corrected chi connectivity index (χ1v) is 12.1. The van der Waals surface area contributed by atoms with Crippen LogP contribution in [0.4, 0.5) is 11.6 Å². The highest BCUT2D eigenvalue weighted by molar-refractivity contribution is 5.85. The minimum Gasteiger partial charge on any atom is -0.488 e. The Balaban J connectivity index is 1.21. The van der Waals surface area contributed by atoms with Crippen molar-refractivity contribution in [2.24, 2.45) is 0 Å². The summed E-state index contributed by atoms with van der Waals surface area (Å²) in [5.41, 5.74) is 2.79. The predicted molar refractivity (Wildman–Crippen MR) is 131 cm³/mol. The second kappa shape index (κ2) is 10.4. The number of anilines is 2. The molecule has 2 aliphatic rings. The van der Waals surface area contributed by atoms with Crippen molar-refractivity contribution in [3.8, 4) is 11.5 Å². The maximum absolute atomic E-state index is 6.52. The monoisotopic (exact) mass is 464 g/mol. The smallest absolute Gasteiger partial charge is 0.223 e. The fourth-order valence-corrected chi connectivity index (χ4v) is 4.53. The van der Waals surface area contributed by atoms with Gasteiger partial charge in [-0.3, -0.25) is 4.98 Å². The molecule has 1 aliphatic heterocycles. The quantitative estimate of drug-likeness (QED) is 0.559. The van der Waals surface area contributed by atoms with Gasteiger partial charge < -0.3 is 24.4 Å². The summed E-state index contributed by atoms with van der Waals surface area (Å²) in [6.07, 6.45) is 11.0. The van der Waals surface area contributed by atoms with Crippen molar-refractivity contribution in [2.75, 3.05) is 36.5 Å².